The van der Waals surface area contributed by atoms with Crippen LogP contribution in [0.2, 0.25) is 0 Å². The van der Waals surface area contributed by atoms with Gasteiger partial charge in [-0.2, -0.15) is 0 Å². The summed E-state index contributed by atoms with van der Waals surface area (Å²) in [5.74, 6) is -0.220. The average Bonchev–Trinajstić information content (AvgIpc) is 2.27. The number of alkyl halides is 3. The largest absolute Gasteiger partial charge is 0.323 e. The summed E-state index contributed by atoms with van der Waals surface area (Å²) in [4.78, 5) is 11.0. The summed E-state index contributed by atoms with van der Waals surface area (Å²) in [5.41, 5.74) is 1.21. The number of carbonyl (C=O) groups excluding carboxylic acids is 1. The van der Waals surface area contributed by atoms with Gasteiger partial charge in [0.1, 0.15) is 0 Å². The lowest BCUT2D eigenvalue weighted by molar-refractivity contribution is -0.691. The summed E-state index contributed by atoms with van der Waals surface area (Å²) in [6, 6.07) is 10.0. The Morgan fingerprint density at radius 2 is 1.94 bits per heavy atom. The normalized spacial score (nSPS) is 13.1. The molecule has 0 saturated carbocycles. The number of carbonyl (C=O) groups is 1. The Morgan fingerprint density at radius 3 is 2.44 bits per heavy atom. The lowest BCUT2D eigenvalue weighted by atomic mass is 10.1. The second-order valence-corrected chi connectivity index (χ2v) is 6.35. The number of hydrogen-bond acceptors (Lipinski definition) is 1. The Labute approximate surface area is 122 Å². The maximum atomic E-state index is 11.0. The zero-order valence-electron chi connectivity index (χ0n) is 10.00. The summed E-state index contributed by atoms with van der Waals surface area (Å²) in [7, 11) is 0. The van der Waals surface area contributed by atoms with Gasteiger partial charge < -0.3 is 10.6 Å². The van der Waals surface area contributed by atoms with Crippen LogP contribution in [0.4, 0.5) is 0 Å². The fourth-order valence-electron chi connectivity index (χ4n) is 1.55. The molecule has 0 fully saturated rings. The number of nitrogens with one attached hydrogen (secondary N) is 1. The van der Waals surface area contributed by atoms with E-state index >= 15 is 0 Å². The minimum atomic E-state index is -1.53. The number of nitrogens with two attached hydrogens (primary N) is 1. The van der Waals surface area contributed by atoms with Crippen molar-refractivity contribution >= 4 is 40.7 Å². The van der Waals surface area contributed by atoms with Crippen molar-refractivity contribution in [3.05, 3.63) is 35.9 Å². The van der Waals surface area contributed by atoms with Crippen molar-refractivity contribution in [3.8, 4) is 0 Å². The average molecular weight is 311 g/mol. The zero-order chi connectivity index (χ0) is 13.6. The van der Waals surface area contributed by atoms with Gasteiger partial charge in [-0.05, 0) is 5.56 Å². The Hall–Kier alpha value is -0.480. The highest BCUT2D eigenvalue weighted by Crippen LogP contribution is 2.27. The third-order valence-corrected chi connectivity index (χ3v) is 3.09. The van der Waals surface area contributed by atoms with E-state index in [1.807, 2.05) is 35.6 Å². The molecule has 0 saturated heterocycles. The van der Waals surface area contributed by atoms with Crippen LogP contribution >= 0.6 is 34.8 Å². The lowest BCUT2D eigenvalue weighted by Gasteiger charge is -2.22. The molecule has 100 valence electrons. The van der Waals surface area contributed by atoms with Gasteiger partial charge in [0.2, 0.25) is 12.1 Å². The van der Waals surface area contributed by atoms with Crippen LogP contribution in [0.25, 0.3) is 0 Å². The molecule has 1 amide bonds. The first-order valence-electron chi connectivity index (χ1n) is 5.60. The molecular weight excluding hydrogens is 295 g/mol. The first-order valence-corrected chi connectivity index (χ1v) is 6.74. The van der Waals surface area contributed by atoms with E-state index in [0.717, 1.165) is 13.0 Å². The van der Waals surface area contributed by atoms with Crippen LogP contribution in [0.5, 0.6) is 0 Å². The summed E-state index contributed by atoms with van der Waals surface area (Å²) < 4.78 is -1.53. The molecule has 0 aliphatic carbocycles. The Balaban J connectivity index is 2.45. The first kappa shape index (κ1) is 15.6. The molecule has 0 heterocycles. The molecule has 0 spiro atoms. The molecule has 1 rings (SSSR count). The van der Waals surface area contributed by atoms with Gasteiger partial charge in [-0.25, -0.2) is 0 Å². The highest BCUT2D eigenvalue weighted by Gasteiger charge is 2.36. The van der Waals surface area contributed by atoms with Gasteiger partial charge in [0.05, 0.1) is 6.54 Å². The maximum Gasteiger partial charge on any atom is 0.262 e. The fraction of sp³-hybridized carbons (Fsp3) is 0.417. The van der Waals surface area contributed by atoms with E-state index in [0.29, 0.717) is 0 Å². The molecule has 0 radical (unpaired) electrons. The molecule has 3 N–H and O–H groups in total. The molecule has 1 aromatic carbocycles. The number of hydrogen-bond donors (Lipinski definition) is 2. The van der Waals surface area contributed by atoms with Crippen molar-refractivity contribution in [2.75, 3.05) is 6.54 Å². The van der Waals surface area contributed by atoms with E-state index < -0.39 is 9.96 Å². The topological polar surface area (TPSA) is 45.7 Å². The molecule has 0 aromatic heterocycles. The van der Waals surface area contributed by atoms with Crippen LogP contribution in [-0.4, -0.2) is 22.4 Å². The SMILES string of the molecule is CC(=O)NC([NH2+]CCc1ccccc1)C(Cl)(Cl)Cl. The minimum Gasteiger partial charge on any atom is -0.323 e. The molecule has 18 heavy (non-hydrogen) atoms. The standard InChI is InChI=1S/C12H15Cl3N2O/c1-9(18)17-11(12(13,14)15)16-8-7-10-5-3-2-4-6-10/h2-6,11,16H,7-8H2,1H3,(H,17,18)/p+1. The predicted octanol–water partition coefficient (Wildman–Crippen LogP) is 1.62. The van der Waals surface area contributed by atoms with Crippen molar-refractivity contribution in [1.82, 2.24) is 5.32 Å². The van der Waals surface area contributed by atoms with E-state index in [2.05, 4.69) is 5.32 Å². The molecule has 0 aliphatic rings. The van der Waals surface area contributed by atoms with Crippen molar-refractivity contribution < 1.29 is 10.1 Å². The fourth-order valence-corrected chi connectivity index (χ4v) is 1.99. The van der Waals surface area contributed by atoms with Crippen LogP contribution in [0.1, 0.15) is 12.5 Å². The van der Waals surface area contributed by atoms with Crippen LogP contribution in [0, 0.1) is 0 Å². The van der Waals surface area contributed by atoms with Crippen LogP contribution < -0.4 is 10.6 Å². The van der Waals surface area contributed by atoms with Crippen molar-refractivity contribution in [2.24, 2.45) is 0 Å². The molecule has 1 atom stereocenters. The summed E-state index contributed by atoms with van der Waals surface area (Å²) in [6.45, 7) is 2.12. The number of halogens is 3. The Bertz CT molecular complexity index is 379. The van der Waals surface area contributed by atoms with E-state index in [1.165, 1.54) is 12.5 Å². The molecule has 6 heteroatoms. The highest BCUT2D eigenvalue weighted by molar-refractivity contribution is 6.68. The molecule has 0 aliphatic heterocycles. The second kappa shape index (κ2) is 7.19. The third kappa shape index (κ3) is 5.91. The van der Waals surface area contributed by atoms with Gasteiger partial charge in [-0.1, -0.05) is 65.1 Å². The number of benzene rings is 1. The molecule has 3 nitrogen and oxygen atoms in total. The molecule has 1 unspecified atom stereocenters. The van der Waals surface area contributed by atoms with E-state index in [-0.39, 0.29) is 5.91 Å². The van der Waals surface area contributed by atoms with Gasteiger partial charge in [0.15, 0.2) is 0 Å². The van der Waals surface area contributed by atoms with Crippen molar-refractivity contribution in [2.45, 2.75) is 23.3 Å². The smallest absolute Gasteiger partial charge is 0.262 e. The van der Waals surface area contributed by atoms with Gasteiger partial charge in [0, 0.05) is 13.3 Å². The number of amides is 1. The van der Waals surface area contributed by atoms with Gasteiger partial charge in [-0.3, -0.25) is 4.79 Å². The van der Waals surface area contributed by atoms with E-state index in [4.69, 9.17) is 34.8 Å². The maximum absolute atomic E-state index is 11.0. The molecular formula is C12H16Cl3N2O+. The van der Waals surface area contributed by atoms with E-state index in [9.17, 15) is 4.79 Å². The van der Waals surface area contributed by atoms with E-state index in [1.54, 1.807) is 0 Å². The zero-order valence-corrected chi connectivity index (χ0v) is 12.3. The lowest BCUT2D eigenvalue weighted by Crippen LogP contribution is -2.96. The monoisotopic (exact) mass is 309 g/mol. The Kier molecular flexibility index (Phi) is 6.22. The molecule has 1 aromatic rings. The Morgan fingerprint density at radius 1 is 1.33 bits per heavy atom. The van der Waals surface area contributed by atoms with Crippen LogP contribution in [0.3, 0.4) is 0 Å². The molecule has 0 bridgehead atoms. The summed E-state index contributed by atoms with van der Waals surface area (Å²) in [6.07, 6.45) is 0.265. The van der Waals surface area contributed by atoms with Gasteiger partial charge in [0.25, 0.3) is 3.79 Å². The highest BCUT2D eigenvalue weighted by atomic mass is 35.6. The summed E-state index contributed by atoms with van der Waals surface area (Å²) >= 11 is 17.4. The van der Waals surface area contributed by atoms with Crippen LogP contribution in [-0.2, 0) is 11.2 Å². The quantitative estimate of drug-likeness (QED) is 0.630. The minimum absolute atomic E-state index is 0.220. The summed E-state index contributed by atoms with van der Waals surface area (Å²) in [5, 5.41) is 4.44. The van der Waals surface area contributed by atoms with Crippen LogP contribution in [0.15, 0.2) is 30.3 Å². The third-order valence-electron chi connectivity index (χ3n) is 2.39. The van der Waals surface area contributed by atoms with Gasteiger partial charge in [-0.15, -0.1) is 0 Å². The second-order valence-electron chi connectivity index (χ2n) is 3.98. The van der Waals surface area contributed by atoms with Gasteiger partial charge >= 0.3 is 0 Å². The number of rotatable bonds is 5. The number of quaternary nitrogens is 1. The first-order chi connectivity index (χ1) is 8.39. The van der Waals surface area contributed by atoms with Crippen molar-refractivity contribution in [3.63, 3.8) is 0 Å². The van der Waals surface area contributed by atoms with Crippen molar-refractivity contribution in [1.29, 1.82) is 0 Å². The predicted molar refractivity (Wildman–Crippen MR) is 74.8 cm³/mol.